The van der Waals surface area contributed by atoms with Crippen LogP contribution in [0, 0.1) is 6.92 Å². The van der Waals surface area contributed by atoms with Gasteiger partial charge in [-0.05, 0) is 37.5 Å². The van der Waals surface area contributed by atoms with Crippen molar-refractivity contribution in [1.29, 1.82) is 0 Å². The zero-order valence-corrected chi connectivity index (χ0v) is 11.1. The molecule has 1 aromatic heterocycles. The van der Waals surface area contributed by atoms with Crippen LogP contribution < -0.4 is 0 Å². The van der Waals surface area contributed by atoms with E-state index < -0.39 is 5.97 Å². The van der Waals surface area contributed by atoms with E-state index in [1.165, 1.54) is 0 Å². The molecule has 2 aromatic rings. The largest absolute Gasteiger partial charge is 0.475 e. The third-order valence-electron chi connectivity index (χ3n) is 3.17. The van der Waals surface area contributed by atoms with Gasteiger partial charge in [0.25, 0.3) is 5.82 Å². The molecule has 0 atom stereocenters. The standard InChI is InChI=1S/C13H12ClN3O2/c1-7-2-5-9(6-10(7)14)17-12(8-3-4-8)15-11(16-17)13(18)19/h2,5-6,8H,3-4H2,1H3,(H,18,19). The Kier molecular flexibility index (Phi) is 2.78. The van der Waals surface area contributed by atoms with Crippen LogP contribution in [0.1, 0.15) is 40.8 Å². The van der Waals surface area contributed by atoms with Crippen LogP contribution >= 0.6 is 11.6 Å². The molecule has 0 aliphatic heterocycles. The summed E-state index contributed by atoms with van der Waals surface area (Å²) in [6.45, 7) is 1.91. The number of benzene rings is 1. The molecule has 98 valence electrons. The Morgan fingerprint density at radius 3 is 2.79 bits per heavy atom. The van der Waals surface area contributed by atoms with Crippen LogP contribution in [0.5, 0.6) is 0 Å². The number of nitrogens with zero attached hydrogens (tertiary/aromatic N) is 3. The second kappa shape index (κ2) is 4.35. The van der Waals surface area contributed by atoms with Gasteiger partial charge < -0.3 is 5.11 Å². The number of carbonyl (C=O) groups is 1. The summed E-state index contributed by atoms with van der Waals surface area (Å²) in [5, 5.41) is 13.7. The molecule has 1 aliphatic rings. The molecule has 0 unspecified atom stereocenters. The van der Waals surface area contributed by atoms with E-state index in [2.05, 4.69) is 10.1 Å². The maximum atomic E-state index is 11.0. The molecule has 1 heterocycles. The second-order valence-corrected chi connectivity index (χ2v) is 5.13. The molecular weight excluding hydrogens is 266 g/mol. The highest BCUT2D eigenvalue weighted by Gasteiger charge is 2.31. The number of aromatic nitrogens is 3. The maximum Gasteiger partial charge on any atom is 0.375 e. The van der Waals surface area contributed by atoms with Gasteiger partial charge in [-0.3, -0.25) is 0 Å². The first-order valence-corrected chi connectivity index (χ1v) is 6.41. The van der Waals surface area contributed by atoms with Gasteiger partial charge in [0.15, 0.2) is 0 Å². The van der Waals surface area contributed by atoms with Crippen LogP contribution in [-0.4, -0.2) is 25.8 Å². The summed E-state index contributed by atoms with van der Waals surface area (Å²) in [5.74, 6) is -0.268. The van der Waals surface area contributed by atoms with Crippen LogP contribution in [-0.2, 0) is 0 Å². The molecule has 6 heteroatoms. The number of carboxylic acid groups (broad SMARTS) is 1. The third kappa shape index (κ3) is 2.21. The first kappa shape index (κ1) is 12.2. The molecule has 19 heavy (non-hydrogen) atoms. The fourth-order valence-electron chi connectivity index (χ4n) is 1.92. The van der Waals surface area contributed by atoms with Crippen molar-refractivity contribution >= 4 is 17.6 Å². The van der Waals surface area contributed by atoms with Crippen molar-refractivity contribution in [3.8, 4) is 5.69 Å². The van der Waals surface area contributed by atoms with Crippen LogP contribution in [0.3, 0.4) is 0 Å². The molecule has 0 spiro atoms. The number of halogens is 1. The van der Waals surface area contributed by atoms with Gasteiger partial charge in [-0.15, -0.1) is 5.10 Å². The summed E-state index contributed by atoms with van der Waals surface area (Å²) in [7, 11) is 0. The Balaban J connectivity index is 2.12. The minimum absolute atomic E-state index is 0.168. The average molecular weight is 278 g/mol. The summed E-state index contributed by atoms with van der Waals surface area (Å²) >= 11 is 6.10. The Morgan fingerprint density at radius 1 is 1.47 bits per heavy atom. The van der Waals surface area contributed by atoms with E-state index >= 15 is 0 Å². The smallest absolute Gasteiger partial charge is 0.375 e. The second-order valence-electron chi connectivity index (χ2n) is 4.72. The van der Waals surface area contributed by atoms with Gasteiger partial charge in [0, 0.05) is 10.9 Å². The van der Waals surface area contributed by atoms with Gasteiger partial charge in [0.05, 0.1) is 5.69 Å². The molecule has 5 nitrogen and oxygen atoms in total. The molecular formula is C13H12ClN3O2. The lowest BCUT2D eigenvalue weighted by molar-refractivity contribution is 0.0683. The highest BCUT2D eigenvalue weighted by molar-refractivity contribution is 6.31. The predicted octanol–water partition coefficient (Wildman–Crippen LogP) is 2.80. The SMILES string of the molecule is Cc1ccc(-n2nc(C(=O)O)nc2C2CC2)cc1Cl. The van der Waals surface area contributed by atoms with E-state index in [0.29, 0.717) is 16.8 Å². The Bertz CT molecular complexity index is 662. The highest BCUT2D eigenvalue weighted by Crippen LogP contribution is 2.40. The lowest BCUT2D eigenvalue weighted by Gasteiger charge is -2.06. The number of hydrogen-bond acceptors (Lipinski definition) is 3. The van der Waals surface area contributed by atoms with Crippen molar-refractivity contribution in [3.05, 3.63) is 40.4 Å². The van der Waals surface area contributed by atoms with Gasteiger partial charge in [-0.1, -0.05) is 17.7 Å². The van der Waals surface area contributed by atoms with E-state index in [1.54, 1.807) is 10.7 Å². The number of hydrogen-bond donors (Lipinski definition) is 1. The molecule has 1 fully saturated rings. The summed E-state index contributed by atoms with van der Waals surface area (Å²) in [6.07, 6.45) is 2.05. The average Bonchev–Trinajstić information content (AvgIpc) is 3.11. The zero-order valence-electron chi connectivity index (χ0n) is 10.3. The van der Waals surface area contributed by atoms with Crippen molar-refractivity contribution in [3.63, 3.8) is 0 Å². The van der Waals surface area contributed by atoms with Gasteiger partial charge in [0.2, 0.25) is 0 Å². The van der Waals surface area contributed by atoms with Crippen molar-refractivity contribution in [1.82, 2.24) is 14.8 Å². The molecule has 0 radical (unpaired) electrons. The lowest BCUT2D eigenvalue weighted by atomic mass is 10.2. The van der Waals surface area contributed by atoms with Gasteiger partial charge in [-0.25, -0.2) is 14.5 Å². The van der Waals surface area contributed by atoms with E-state index in [9.17, 15) is 4.79 Å². The summed E-state index contributed by atoms with van der Waals surface area (Å²) in [4.78, 5) is 15.1. The van der Waals surface area contributed by atoms with E-state index in [0.717, 1.165) is 24.1 Å². The van der Waals surface area contributed by atoms with E-state index in [-0.39, 0.29) is 5.82 Å². The summed E-state index contributed by atoms with van der Waals surface area (Å²) in [6, 6.07) is 5.53. The molecule has 3 rings (SSSR count). The predicted molar refractivity (Wildman–Crippen MR) is 70.0 cm³/mol. The summed E-state index contributed by atoms with van der Waals surface area (Å²) < 4.78 is 1.59. The summed E-state index contributed by atoms with van der Waals surface area (Å²) in [5.41, 5.74) is 1.72. The number of carboxylic acids is 1. The molecule has 0 bridgehead atoms. The van der Waals surface area contributed by atoms with Crippen LogP contribution in [0.15, 0.2) is 18.2 Å². The van der Waals surface area contributed by atoms with Crippen molar-refractivity contribution in [2.45, 2.75) is 25.7 Å². The van der Waals surface area contributed by atoms with Crippen molar-refractivity contribution in [2.24, 2.45) is 0 Å². The van der Waals surface area contributed by atoms with Crippen LogP contribution in [0.2, 0.25) is 5.02 Å². The zero-order chi connectivity index (χ0) is 13.6. The minimum atomic E-state index is -1.11. The van der Waals surface area contributed by atoms with Gasteiger partial charge in [-0.2, -0.15) is 0 Å². The maximum absolute atomic E-state index is 11.0. The Morgan fingerprint density at radius 2 is 2.21 bits per heavy atom. The monoisotopic (exact) mass is 277 g/mol. The fraction of sp³-hybridized carbons (Fsp3) is 0.308. The van der Waals surface area contributed by atoms with Gasteiger partial charge in [0.1, 0.15) is 5.82 Å². The number of rotatable bonds is 3. The fourth-order valence-corrected chi connectivity index (χ4v) is 2.10. The van der Waals surface area contributed by atoms with Crippen LogP contribution in [0.25, 0.3) is 5.69 Å². The molecule has 1 aliphatic carbocycles. The Hall–Kier alpha value is -1.88. The Labute approximate surface area is 114 Å². The third-order valence-corrected chi connectivity index (χ3v) is 3.57. The van der Waals surface area contributed by atoms with Gasteiger partial charge >= 0.3 is 5.97 Å². The number of aromatic carboxylic acids is 1. The lowest BCUT2D eigenvalue weighted by Crippen LogP contribution is -2.03. The van der Waals surface area contributed by atoms with E-state index in [4.69, 9.17) is 16.7 Å². The first-order valence-electron chi connectivity index (χ1n) is 6.03. The quantitative estimate of drug-likeness (QED) is 0.937. The normalized spacial score (nSPS) is 14.6. The minimum Gasteiger partial charge on any atom is -0.475 e. The van der Waals surface area contributed by atoms with Crippen molar-refractivity contribution < 1.29 is 9.90 Å². The number of aryl methyl sites for hydroxylation is 1. The molecule has 1 N–H and O–H groups in total. The topological polar surface area (TPSA) is 68.0 Å². The van der Waals surface area contributed by atoms with E-state index in [1.807, 2.05) is 19.1 Å². The first-order chi connectivity index (χ1) is 9.06. The molecule has 0 saturated heterocycles. The molecule has 1 saturated carbocycles. The molecule has 1 aromatic carbocycles. The van der Waals surface area contributed by atoms with Crippen molar-refractivity contribution in [2.75, 3.05) is 0 Å². The molecule has 0 amide bonds. The van der Waals surface area contributed by atoms with Crippen LogP contribution in [0.4, 0.5) is 0 Å². The highest BCUT2D eigenvalue weighted by atomic mass is 35.5.